The summed E-state index contributed by atoms with van der Waals surface area (Å²) < 4.78 is 13.4. The average molecular weight is 396 g/mol. The Balaban J connectivity index is 1.64. The third-order valence-corrected chi connectivity index (χ3v) is 5.83. The molecule has 0 aliphatic heterocycles. The van der Waals surface area contributed by atoms with Crippen LogP contribution < -0.4 is 5.32 Å². The number of carbonyl (C=O) groups excluding carboxylic acids is 1. The van der Waals surface area contributed by atoms with Crippen molar-refractivity contribution in [3.63, 3.8) is 0 Å². The second-order valence-electron chi connectivity index (χ2n) is 7.50. The van der Waals surface area contributed by atoms with Gasteiger partial charge in [0.1, 0.15) is 5.76 Å². The molecule has 3 rings (SSSR count). The first-order chi connectivity index (χ1) is 13.9. The predicted molar refractivity (Wildman–Crippen MR) is 114 cm³/mol. The second kappa shape index (κ2) is 8.66. The van der Waals surface area contributed by atoms with Crippen molar-refractivity contribution in [1.29, 1.82) is 0 Å². The lowest BCUT2D eigenvalue weighted by molar-refractivity contribution is -0.117. The van der Waals surface area contributed by atoms with Crippen molar-refractivity contribution in [2.24, 2.45) is 0 Å². The number of benzene rings is 1. The van der Waals surface area contributed by atoms with Crippen molar-refractivity contribution in [2.75, 3.05) is 19.5 Å². The van der Waals surface area contributed by atoms with Crippen LogP contribution in [0.5, 0.6) is 0 Å². The zero-order valence-corrected chi connectivity index (χ0v) is 17.8. The molecule has 154 valence electrons. The van der Waals surface area contributed by atoms with Crippen molar-refractivity contribution in [3.05, 3.63) is 65.5 Å². The maximum absolute atomic E-state index is 12.6. The molecule has 1 aromatic carbocycles. The van der Waals surface area contributed by atoms with E-state index in [-0.39, 0.29) is 5.91 Å². The highest BCUT2D eigenvalue weighted by molar-refractivity contribution is 5.90. The summed E-state index contributed by atoms with van der Waals surface area (Å²) in [6, 6.07) is 7.69. The van der Waals surface area contributed by atoms with Crippen LogP contribution in [-0.4, -0.2) is 35.3 Å². The first kappa shape index (κ1) is 20.9. The number of anilines is 1. The summed E-state index contributed by atoms with van der Waals surface area (Å²) in [5.74, 6) is 0.902. The number of aromatic nitrogens is 2. The van der Waals surface area contributed by atoms with Crippen LogP contribution in [0.1, 0.15) is 40.0 Å². The number of hydrogen-bond acceptors (Lipinski definition) is 4. The Kier molecular flexibility index (Phi) is 6.23. The lowest BCUT2D eigenvalue weighted by atomic mass is 9.77. The number of rotatable bonds is 7. The Morgan fingerprint density at radius 1 is 1.21 bits per heavy atom. The standard InChI is InChI=1S/C23H29N3O3/c1-16-14-23(29-5,18(3)17(2)22(16)28-4)11-10-21(27)25-19-6-8-20(9-7-19)26-13-12-24-15-26/h6-9,12-13,15H,10-11,14H2,1-5H3,(H,25,27). The van der Waals surface area contributed by atoms with Gasteiger partial charge in [0, 0.05) is 43.7 Å². The molecule has 0 spiro atoms. The van der Waals surface area contributed by atoms with Gasteiger partial charge < -0.3 is 19.4 Å². The Morgan fingerprint density at radius 2 is 1.93 bits per heavy atom. The van der Waals surface area contributed by atoms with Crippen molar-refractivity contribution in [1.82, 2.24) is 9.55 Å². The number of hydrogen-bond donors (Lipinski definition) is 1. The zero-order valence-electron chi connectivity index (χ0n) is 17.8. The first-order valence-electron chi connectivity index (χ1n) is 9.75. The quantitative estimate of drug-likeness (QED) is 0.742. The number of carbonyl (C=O) groups is 1. The van der Waals surface area contributed by atoms with E-state index >= 15 is 0 Å². The summed E-state index contributed by atoms with van der Waals surface area (Å²) in [5.41, 5.74) is 4.66. The molecule has 1 aromatic heterocycles. The van der Waals surface area contributed by atoms with E-state index in [0.717, 1.165) is 40.3 Å². The smallest absolute Gasteiger partial charge is 0.224 e. The Morgan fingerprint density at radius 3 is 2.52 bits per heavy atom. The van der Waals surface area contributed by atoms with E-state index in [2.05, 4.69) is 24.1 Å². The molecule has 2 aromatic rings. The Bertz CT molecular complexity index is 927. The minimum atomic E-state index is -0.473. The van der Waals surface area contributed by atoms with E-state index in [4.69, 9.17) is 9.47 Å². The number of nitrogens with one attached hydrogen (secondary N) is 1. The van der Waals surface area contributed by atoms with Crippen LogP contribution in [0.4, 0.5) is 5.69 Å². The van der Waals surface area contributed by atoms with Gasteiger partial charge in [-0.15, -0.1) is 0 Å². The van der Waals surface area contributed by atoms with Gasteiger partial charge in [0.05, 0.1) is 19.0 Å². The van der Waals surface area contributed by atoms with Crippen LogP contribution in [0.15, 0.2) is 65.5 Å². The highest BCUT2D eigenvalue weighted by Gasteiger charge is 2.38. The van der Waals surface area contributed by atoms with E-state index in [1.165, 1.54) is 0 Å². The van der Waals surface area contributed by atoms with Crippen LogP contribution in [0.3, 0.4) is 0 Å². The maximum atomic E-state index is 12.6. The molecule has 0 radical (unpaired) electrons. The van der Waals surface area contributed by atoms with Crippen molar-refractivity contribution in [2.45, 2.75) is 45.6 Å². The summed E-state index contributed by atoms with van der Waals surface area (Å²) in [7, 11) is 3.41. The molecule has 29 heavy (non-hydrogen) atoms. The maximum Gasteiger partial charge on any atom is 0.224 e. The molecule has 1 atom stereocenters. The number of amides is 1. The normalized spacial score (nSPS) is 19.5. The van der Waals surface area contributed by atoms with Gasteiger partial charge >= 0.3 is 0 Å². The van der Waals surface area contributed by atoms with Crippen LogP contribution in [0.25, 0.3) is 5.69 Å². The molecule has 1 aliphatic carbocycles. The molecule has 1 N–H and O–H groups in total. The molecule has 0 bridgehead atoms. The second-order valence-corrected chi connectivity index (χ2v) is 7.50. The molecule has 6 heteroatoms. The fraction of sp³-hybridized carbons (Fsp3) is 0.391. The van der Waals surface area contributed by atoms with E-state index in [0.29, 0.717) is 12.8 Å². The van der Waals surface area contributed by atoms with E-state index in [1.807, 2.05) is 42.0 Å². The summed E-state index contributed by atoms with van der Waals surface area (Å²) in [6.45, 7) is 6.17. The number of methoxy groups -OCH3 is 2. The third-order valence-electron chi connectivity index (χ3n) is 5.83. The molecule has 1 aliphatic rings. The van der Waals surface area contributed by atoms with E-state index < -0.39 is 5.60 Å². The topological polar surface area (TPSA) is 65.4 Å². The van der Waals surface area contributed by atoms with E-state index in [1.54, 1.807) is 26.7 Å². The van der Waals surface area contributed by atoms with Crippen LogP contribution in [0, 0.1) is 0 Å². The fourth-order valence-corrected chi connectivity index (χ4v) is 4.07. The van der Waals surface area contributed by atoms with Gasteiger partial charge in [-0.25, -0.2) is 4.98 Å². The lowest BCUT2D eigenvalue weighted by Gasteiger charge is -2.39. The third kappa shape index (κ3) is 4.27. The monoisotopic (exact) mass is 395 g/mol. The average Bonchev–Trinajstić information content (AvgIpc) is 3.25. The minimum absolute atomic E-state index is 0.0265. The van der Waals surface area contributed by atoms with Crippen LogP contribution in [-0.2, 0) is 14.3 Å². The van der Waals surface area contributed by atoms with Gasteiger partial charge in [0.15, 0.2) is 0 Å². The predicted octanol–water partition coefficient (Wildman–Crippen LogP) is 4.64. The molecule has 0 saturated carbocycles. The van der Waals surface area contributed by atoms with Crippen molar-refractivity contribution >= 4 is 11.6 Å². The molecule has 0 fully saturated rings. The van der Waals surface area contributed by atoms with Crippen LogP contribution in [0.2, 0.25) is 0 Å². The highest BCUT2D eigenvalue weighted by Crippen LogP contribution is 2.42. The summed E-state index contributed by atoms with van der Waals surface area (Å²) in [6.07, 6.45) is 7.06. The number of nitrogens with zero attached hydrogens (tertiary/aromatic N) is 2. The van der Waals surface area contributed by atoms with E-state index in [9.17, 15) is 4.79 Å². The fourth-order valence-electron chi connectivity index (χ4n) is 4.07. The molecule has 0 saturated heterocycles. The molecule has 1 heterocycles. The number of ether oxygens (including phenoxy) is 2. The minimum Gasteiger partial charge on any atom is -0.497 e. The Labute approximate surface area is 172 Å². The molecule has 1 unspecified atom stereocenters. The van der Waals surface area contributed by atoms with Gasteiger partial charge in [-0.3, -0.25) is 4.79 Å². The largest absolute Gasteiger partial charge is 0.497 e. The lowest BCUT2D eigenvalue weighted by Crippen LogP contribution is -2.38. The van der Waals surface area contributed by atoms with Gasteiger partial charge in [-0.2, -0.15) is 0 Å². The van der Waals surface area contributed by atoms with Crippen molar-refractivity contribution in [3.8, 4) is 5.69 Å². The van der Waals surface area contributed by atoms with Gasteiger partial charge in [0.25, 0.3) is 0 Å². The molecular formula is C23H29N3O3. The molecular weight excluding hydrogens is 366 g/mol. The first-order valence-corrected chi connectivity index (χ1v) is 9.75. The molecule has 1 amide bonds. The zero-order chi connectivity index (χ0) is 21.0. The Hall–Kier alpha value is -2.86. The van der Waals surface area contributed by atoms with Gasteiger partial charge in [-0.1, -0.05) is 0 Å². The van der Waals surface area contributed by atoms with Crippen molar-refractivity contribution < 1.29 is 14.3 Å². The summed E-state index contributed by atoms with van der Waals surface area (Å²) in [4.78, 5) is 16.6. The van der Waals surface area contributed by atoms with Crippen LogP contribution >= 0.6 is 0 Å². The summed E-state index contributed by atoms with van der Waals surface area (Å²) in [5, 5.41) is 2.98. The molecule has 6 nitrogen and oxygen atoms in total. The van der Waals surface area contributed by atoms with Gasteiger partial charge in [-0.05, 0) is 68.2 Å². The number of allylic oxidation sites excluding steroid dienone is 1. The SMILES string of the molecule is COC1=C(C)CC(CCC(=O)Nc2ccc(-n3ccnc3)cc2)(OC)C(C)=C1C. The number of imidazole rings is 1. The van der Waals surface area contributed by atoms with Gasteiger partial charge in [0.2, 0.25) is 5.91 Å². The summed E-state index contributed by atoms with van der Waals surface area (Å²) >= 11 is 0. The highest BCUT2D eigenvalue weighted by atomic mass is 16.5.